The van der Waals surface area contributed by atoms with Crippen molar-refractivity contribution < 1.29 is 19.4 Å². The minimum Gasteiger partial charge on any atom is -0.481 e. The van der Waals surface area contributed by atoms with Crippen molar-refractivity contribution in [1.82, 2.24) is 5.32 Å². The molecule has 1 aromatic carbocycles. The zero-order chi connectivity index (χ0) is 13.0. The lowest BCUT2D eigenvalue weighted by atomic mass is 10.1. The van der Waals surface area contributed by atoms with Crippen molar-refractivity contribution in [3.05, 3.63) is 35.9 Å². The minimum absolute atomic E-state index is 0.107. The Labute approximate surface area is 105 Å². The first-order chi connectivity index (χ1) is 8.65. The maximum absolute atomic E-state index is 11.8. The van der Waals surface area contributed by atoms with E-state index in [2.05, 4.69) is 5.32 Å². The van der Waals surface area contributed by atoms with Gasteiger partial charge in [0.25, 0.3) is 0 Å². The molecule has 1 aliphatic heterocycles. The first-order valence-corrected chi connectivity index (χ1v) is 5.83. The predicted octanol–water partition coefficient (Wildman–Crippen LogP) is 0.587. The van der Waals surface area contributed by atoms with Crippen LogP contribution in [0.3, 0.4) is 0 Å². The van der Waals surface area contributed by atoms with E-state index in [1.165, 1.54) is 0 Å². The number of aliphatic carboxylic acids is 1. The van der Waals surface area contributed by atoms with Gasteiger partial charge in [-0.05, 0) is 5.56 Å². The Morgan fingerprint density at radius 3 is 2.72 bits per heavy atom. The predicted molar refractivity (Wildman–Crippen MR) is 64.1 cm³/mol. The number of hydrogen-bond acceptors (Lipinski definition) is 3. The molecular weight excluding hydrogens is 234 g/mol. The summed E-state index contributed by atoms with van der Waals surface area (Å²) >= 11 is 0. The van der Waals surface area contributed by atoms with Crippen molar-refractivity contribution in [1.29, 1.82) is 0 Å². The number of hydrogen-bond donors (Lipinski definition) is 2. The summed E-state index contributed by atoms with van der Waals surface area (Å²) in [5, 5.41) is 11.3. The molecule has 18 heavy (non-hydrogen) atoms. The third kappa shape index (κ3) is 3.30. The summed E-state index contributed by atoms with van der Waals surface area (Å²) in [6.07, 6.45) is -0.131. The largest absolute Gasteiger partial charge is 0.481 e. The third-order valence-corrected chi connectivity index (χ3v) is 2.82. The van der Waals surface area contributed by atoms with E-state index in [1.807, 2.05) is 30.3 Å². The fourth-order valence-corrected chi connectivity index (χ4v) is 1.94. The lowest BCUT2D eigenvalue weighted by Gasteiger charge is -2.28. The Balaban J connectivity index is 1.90. The number of carbonyl (C=O) groups excluding carboxylic acids is 1. The molecular formula is C13H15NO4. The standard InChI is InChI=1S/C13H15NO4/c15-12(16)7-10-8-18-11(13(17)14-10)6-9-4-2-1-3-5-9/h1-5,10-11H,6-8H2,(H,14,17)(H,15,16). The Morgan fingerprint density at radius 1 is 1.39 bits per heavy atom. The van der Waals surface area contributed by atoms with Gasteiger partial charge in [-0.25, -0.2) is 0 Å². The van der Waals surface area contributed by atoms with Gasteiger partial charge in [-0.3, -0.25) is 9.59 Å². The summed E-state index contributed by atoms with van der Waals surface area (Å²) in [5.74, 6) is -1.18. The molecule has 5 nitrogen and oxygen atoms in total. The van der Waals surface area contributed by atoms with E-state index in [9.17, 15) is 9.59 Å². The quantitative estimate of drug-likeness (QED) is 0.818. The highest BCUT2D eigenvalue weighted by molar-refractivity contribution is 5.82. The summed E-state index contributed by atoms with van der Waals surface area (Å²) < 4.78 is 5.43. The van der Waals surface area contributed by atoms with Gasteiger partial charge in [-0.15, -0.1) is 0 Å². The molecule has 0 bridgehead atoms. The van der Waals surface area contributed by atoms with Crippen molar-refractivity contribution in [3.63, 3.8) is 0 Å². The van der Waals surface area contributed by atoms with Crippen LogP contribution in [0.15, 0.2) is 30.3 Å². The molecule has 96 valence electrons. The Morgan fingerprint density at radius 2 is 2.11 bits per heavy atom. The molecule has 0 radical (unpaired) electrons. The van der Waals surface area contributed by atoms with Crippen LogP contribution in [-0.4, -0.2) is 35.7 Å². The average molecular weight is 249 g/mol. The van der Waals surface area contributed by atoms with Crippen LogP contribution >= 0.6 is 0 Å². The summed E-state index contributed by atoms with van der Waals surface area (Å²) in [4.78, 5) is 22.3. The van der Waals surface area contributed by atoms with Crippen LogP contribution in [0, 0.1) is 0 Å². The number of carboxylic acid groups (broad SMARTS) is 1. The summed E-state index contributed by atoms with van der Waals surface area (Å²) in [6.45, 7) is 0.246. The van der Waals surface area contributed by atoms with Crippen LogP contribution < -0.4 is 5.32 Å². The molecule has 1 aliphatic rings. The van der Waals surface area contributed by atoms with Crippen LogP contribution in [0.4, 0.5) is 0 Å². The van der Waals surface area contributed by atoms with E-state index >= 15 is 0 Å². The molecule has 1 aromatic rings. The van der Waals surface area contributed by atoms with Crippen molar-refractivity contribution in [3.8, 4) is 0 Å². The number of morpholine rings is 1. The minimum atomic E-state index is -0.939. The zero-order valence-electron chi connectivity index (χ0n) is 9.83. The van der Waals surface area contributed by atoms with E-state index in [0.29, 0.717) is 6.42 Å². The number of rotatable bonds is 4. The van der Waals surface area contributed by atoms with Crippen molar-refractivity contribution in [2.75, 3.05) is 6.61 Å². The van der Waals surface area contributed by atoms with Gasteiger partial charge in [0.05, 0.1) is 19.1 Å². The molecule has 2 unspecified atom stereocenters. The fourth-order valence-electron chi connectivity index (χ4n) is 1.94. The summed E-state index contributed by atoms with van der Waals surface area (Å²) in [7, 11) is 0. The molecule has 2 N–H and O–H groups in total. The maximum atomic E-state index is 11.8. The van der Waals surface area contributed by atoms with E-state index in [-0.39, 0.29) is 18.9 Å². The van der Waals surface area contributed by atoms with E-state index in [0.717, 1.165) is 5.56 Å². The highest BCUT2D eigenvalue weighted by atomic mass is 16.5. The average Bonchev–Trinajstić information content (AvgIpc) is 2.33. The fraction of sp³-hybridized carbons (Fsp3) is 0.385. The molecule has 5 heteroatoms. The van der Waals surface area contributed by atoms with Crippen molar-refractivity contribution in [2.24, 2.45) is 0 Å². The van der Waals surface area contributed by atoms with Gasteiger partial charge < -0.3 is 15.2 Å². The maximum Gasteiger partial charge on any atom is 0.305 e. The SMILES string of the molecule is O=C(O)CC1COC(Cc2ccccc2)C(=O)N1. The van der Waals surface area contributed by atoms with Gasteiger partial charge in [-0.1, -0.05) is 30.3 Å². The molecule has 1 fully saturated rings. The lowest BCUT2D eigenvalue weighted by molar-refractivity contribution is -0.144. The molecule has 0 aromatic heterocycles. The van der Waals surface area contributed by atoms with Crippen LogP contribution in [0.2, 0.25) is 0 Å². The van der Waals surface area contributed by atoms with E-state index in [1.54, 1.807) is 0 Å². The van der Waals surface area contributed by atoms with Gasteiger partial charge in [0.2, 0.25) is 5.91 Å². The highest BCUT2D eigenvalue weighted by Crippen LogP contribution is 2.11. The topological polar surface area (TPSA) is 75.6 Å². The van der Waals surface area contributed by atoms with Crippen LogP contribution in [-0.2, 0) is 20.7 Å². The number of amides is 1. The van der Waals surface area contributed by atoms with E-state index < -0.39 is 18.1 Å². The summed E-state index contributed by atoms with van der Waals surface area (Å²) in [5.41, 5.74) is 1.02. The second-order valence-electron chi connectivity index (χ2n) is 4.32. The van der Waals surface area contributed by atoms with Crippen LogP contribution in [0.5, 0.6) is 0 Å². The second-order valence-corrected chi connectivity index (χ2v) is 4.32. The molecule has 0 aliphatic carbocycles. The van der Waals surface area contributed by atoms with Crippen molar-refractivity contribution >= 4 is 11.9 Å². The molecule has 0 saturated carbocycles. The van der Waals surface area contributed by atoms with Gasteiger partial charge in [0.15, 0.2) is 0 Å². The highest BCUT2D eigenvalue weighted by Gasteiger charge is 2.29. The molecule has 2 atom stereocenters. The second kappa shape index (κ2) is 5.64. The summed E-state index contributed by atoms with van der Waals surface area (Å²) in [6, 6.07) is 9.16. The van der Waals surface area contributed by atoms with Gasteiger partial charge in [-0.2, -0.15) is 0 Å². The Hall–Kier alpha value is -1.88. The first-order valence-electron chi connectivity index (χ1n) is 5.83. The van der Waals surface area contributed by atoms with Crippen LogP contribution in [0.25, 0.3) is 0 Å². The first kappa shape index (κ1) is 12.6. The lowest BCUT2D eigenvalue weighted by Crippen LogP contribution is -2.52. The smallest absolute Gasteiger partial charge is 0.305 e. The van der Waals surface area contributed by atoms with Gasteiger partial charge in [0.1, 0.15) is 6.10 Å². The number of nitrogens with one attached hydrogen (secondary N) is 1. The number of benzene rings is 1. The van der Waals surface area contributed by atoms with E-state index in [4.69, 9.17) is 9.84 Å². The molecule has 0 spiro atoms. The number of carboxylic acids is 1. The molecule has 1 amide bonds. The molecule has 2 rings (SSSR count). The Kier molecular flexibility index (Phi) is 3.94. The van der Waals surface area contributed by atoms with Crippen LogP contribution in [0.1, 0.15) is 12.0 Å². The zero-order valence-corrected chi connectivity index (χ0v) is 9.83. The van der Waals surface area contributed by atoms with Gasteiger partial charge in [0, 0.05) is 6.42 Å². The number of carbonyl (C=O) groups is 2. The van der Waals surface area contributed by atoms with Gasteiger partial charge >= 0.3 is 5.97 Å². The normalized spacial score (nSPS) is 23.4. The monoisotopic (exact) mass is 249 g/mol. The third-order valence-electron chi connectivity index (χ3n) is 2.82. The Bertz CT molecular complexity index is 432. The molecule has 1 heterocycles. The number of ether oxygens (including phenoxy) is 1. The van der Waals surface area contributed by atoms with Crippen molar-refractivity contribution in [2.45, 2.75) is 25.0 Å². The molecule has 1 saturated heterocycles.